The highest BCUT2D eigenvalue weighted by molar-refractivity contribution is 7.87. The van der Waals surface area contributed by atoms with Gasteiger partial charge in [0.2, 0.25) is 0 Å². The first-order valence-electron chi connectivity index (χ1n) is 6.00. The predicted octanol–water partition coefficient (Wildman–Crippen LogP) is -0.100. The topological polar surface area (TPSA) is 75.4 Å². The van der Waals surface area contributed by atoms with Gasteiger partial charge in [-0.2, -0.15) is 17.4 Å². The molecule has 2 unspecified atom stereocenters. The fourth-order valence-corrected chi connectivity index (χ4v) is 3.69. The number of hydrogen-bond donors (Lipinski definition) is 2. The maximum atomic E-state index is 12.0. The fraction of sp³-hybridized carbons (Fsp3) is 1.00. The molecule has 0 aromatic carbocycles. The molecule has 6 heteroatoms. The SMILES string of the molecule is CC1CC1NS(=O)(=O)N1CCC(CN)CC1. The molecule has 0 aromatic rings. The summed E-state index contributed by atoms with van der Waals surface area (Å²) in [7, 11) is -3.24. The molecule has 2 aliphatic rings. The minimum atomic E-state index is -3.24. The fourth-order valence-electron chi connectivity index (χ4n) is 2.14. The first-order chi connectivity index (χ1) is 7.53. The van der Waals surface area contributed by atoms with Gasteiger partial charge >= 0.3 is 0 Å². The molecule has 94 valence electrons. The molecular formula is C10H21N3O2S. The molecule has 5 nitrogen and oxygen atoms in total. The van der Waals surface area contributed by atoms with Crippen LogP contribution < -0.4 is 10.5 Å². The molecule has 0 amide bonds. The zero-order valence-corrected chi connectivity index (χ0v) is 10.5. The van der Waals surface area contributed by atoms with Crippen LogP contribution in [0.15, 0.2) is 0 Å². The van der Waals surface area contributed by atoms with Crippen molar-refractivity contribution in [1.82, 2.24) is 9.03 Å². The van der Waals surface area contributed by atoms with Crippen LogP contribution in [0.3, 0.4) is 0 Å². The molecular weight excluding hydrogens is 226 g/mol. The first kappa shape index (κ1) is 12.3. The van der Waals surface area contributed by atoms with Crippen LogP contribution in [0.5, 0.6) is 0 Å². The van der Waals surface area contributed by atoms with Gasteiger partial charge < -0.3 is 5.73 Å². The monoisotopic (exact) mass is 247 g/mol. The normalized spacial score (nSPS) is 32.9. The lowest BCUT2D eigenvalue weighted by Crippen LogP contribution is -2.46. The van der Waals surface area contributed by atoms with Crippen LogP contribution >= 0.6 is 0 Å². The largest absolute Gasteiger partial charge is 0.330 e. The summed E-state index contributed by atoms with van der Waals surface area (Å²) < 4.78 is 28.2. The Morgan fingerprint density at radius 3 is 2.38 bits per heavy atom. The van der Waals surface area contributed by atoms with Crippen molar-refractivity contribution in [3.8, 4) is 0 Å². The Kier molecular flexibility index (Phi) is 3.53. The van der Waals surface area contributed by atoms with E-state index in [1.807, 2.05) is 0 Å². The van der Waals surface area contributed by atoms with E-state index in [9.17, 15) is 8.42 Å². The van der Waals surface area contributed by atoms with E-state index in [0.29, 0.717) is 31.5 Å². The van der Waals surface area contributed by atoms with Crippen molar-refractivity contribution in [2.45, 2.75) is 32.2 Å². The van der Waals surface area contributed by atoms with Crippen molar-refractivity contribution < 1.29 is 8.42 Å². The molecule has 0 aromatic heterocycles. The number of nitrogens with two attached hydrogens (primary N) is 1. The van der Waals surface area contributed by atoms with Crippen LogP contribution in [0.25, 0.3) is 0 Å². The standard InChI is InChI=1S/C10H21N3O2S/c1-8-6-10(8)12-16(14,15)13-4-2-9(7-11)3-5-13/h8-10,12H,2-7,11H2,1H3. The summed E-state index contributed by atoms with van der Waals surface area (Å²) >= 11 is 0. The molecule has 1 heterocycles. The summed E-state index contributed by atoms with van der Waals surface area (Å²) in [5.74, 6) is 0.989. The number of nitrogens with zero attached hydrogens (tertiary/aromatic N) is 1. The molecule has 2 rings (SSSR count). The second-order valence-corrected chi connectivity index (χ2v) is 6.72. The zero-order chi connectivity index (χ0) is 11.8. The Balaban J connectivity index is 1.87. The zero-order valence-electron chi connectivity index (χ0n) is 9.72. The van der Waals surface area contributed by atoms with Crippen molar-refractivity contribution in [3.05, 3.63) is 0 Å². The predicted molar refractivity (Wildman–Crippen MR) is 63.0 cm³/mol. The van der Waals surface area contributed by atoms with E-state index < -0.39 is 10.2 Å². The molecule has 0 spiro atoms. The summed E-state index contributed by atoms with van der Waals surface area (Å²) in [4.78, 5) is 0. The van der Waals surface area contributed by atoms with Crippen LogP contribution in [0, 0.1) is 11.8 Å². The number of rotatable bonds is 4. The van der Waals surface area contributed by atoms with Gasteiger partial charge in [0.25, 0.3) is 10.2 Å². The van der Waals surface area contributed by atoms with Gasteiger partial charge in [-0.1, -0.05) is 6.92 Å². The van der Waals surface area contributed by atoms with E-state index in [2.05, 4.69) is 11.6 Å². The quantitative estimate of drug-likeness (QED) is 0.728. The van der Waals surface area contributed by atoms with Gasteiger partial charge in [0.15, 0.2) is 0 Å². The highest BCUT2D eigenvalue weighted by atomic mass is 32.2. The lowest BCUT2D eigenvalue weighted by molar-refractivity contribution is 0.275. The van der Waals surface area contributed by atoms with E-state index in [1.165, 1.54) is 0 Å². The summed E-state index contributed by atoms with van der Waals surface area (Å²) in [5, 5.41) is 0. The molecule has 1 saturated carbocycles. The summed E-state index contributed by atoms with van der Waals surface area (Å²) in [6.45, 7) is 3.95. The highest BCUT2D eigenvalue weighted by Gasteiger charge is 2.38. The number of nitrogens with one attached hydrogen (secondary N) is 1. The van der Waals surface area contributed by atoms with Gasteiger partial charge in [-0.25, -0.2) is 0 Å². The maximum absolute atomic E-state index is 12.0. The van der Waals surface area contributed by atoms with Gasteiger partial charge in [-0.3, -0.25) is 0 Å². The number of hydrogen-bond acceptors (Lipinski definition) is 3. The minimum Gasteiger partial charge on any atom is -0.330 e. The maximum Gasteiger partial charge on any atom is 0.279 e. The van der Waals surface area contributed by atoms with Crippen molar-refractivity contribution in [2.24, 2.45) is 17.6 Å². The molecule has 0 radical (unpaired) electrons. The van der Waals surface area contributed by atoms with Crippen molar-refractivity contribution in [3.63, 3.8) is 0 Å². The average Bonchev–Trinajstić information content (AvgIpc) is 2.93. The van der Waals surface area contributed by atoms with E-state index >= 15 is 0 Å². The van der Waals surface area contributed by atoms with Gasteiger partial charge in [0.05, 0.1) is 0 Å². The average molecular weight is 247 g/mol. The van der Waals surface area contributed by atoms with E-state index in [0.717, 1.165) is 19.3 Å². The smallest absolute Gasteiger partial charge is 0.279 e. The Bertz CT molecular complexity index is 336. The Morgan fingerprint density at radius 2 is 1.94 bits per heavy atom. The van der Waals surface area contributed by atoms with Crippen molar-refractivity contribution in [1.29, 1.82) is 0 Å². The van der Waals surface area contributed by atoms with Crippen molar-refractivity contribution >= 4 is 10.2 Å². The molecule has 2 atom stereocenters. The lowest BCUT2D eigenvalue weighted by Gasteiger charge is -2.30. The van der Waals surface area contributed by atoms with Gasteiger partial charge in [0.1, 0.15) is 0 Å². The Labute approximate surface area is 97.6 Å². The van der Waals surface area contributed by atoms with Gasteiger partial charge in [-0.05, 0) is 37.6 Å². The molecule has 2 fully saturated rings. The third kappa shape index (κ3) is 2.74. The van der Waals surface area contributed by atoms with Crippen LogP contribution in [0.2, 0.25) is 0 Å². The molecule has 1 saturated heterocycles. The molecule has 3 N–H and O–H groups in total. The number of piperidine rings is 1. The highest BCUT2D eigenvalue weighted by Crippen LogP contribution is 2.30. The third-order valence-electron chi connectivity index (χ3n) is 3.66. The Morgan fingerprint density at radius 1 is 1.38 bits per heavy atom. The first-order valence-corrected chi connectivity index (χ1v) is 7.44. The van der Waals surface area contributed by atoms with Gasteiger partial charge in [0, 0.05) is 19.1 Å². The third-order valence-corrected chi connectivity index (χ3v) is 5.30. The van der Waals surface area contributed by atoms with Crippen LogP contribution in [0.1, 0.15) is 26.2 Å². The molecule has 1 aliphatic carbocycles. The summed E-state index contributed by atoms with van der Waals surface area (Å²) in [6, 6.07) is 0.164. The molecule has 1 aliphatic heterocycles. The van der Waals surface area contributed by atoms with E-state index in [-0.39, 0.29) is 6.04 Å². The van der Waals surface area contributed by atoms with Crippen LogP contribution in [0.4, 0.5) is 0 Å². The second kappa shape index (κ2) is 4.60. The van der Waals surface area contributed by atoms with E-state index in [4.69, 9.17) is 5.73 Å². The van der Waals surface area contributed by atoms with Crippen LogP contribution in [-0.4, -0.2) is 38.4 Å². The van der Waals surface area contributed by atoms with Crippen LogP contribution in [-0.2, 0) is 10.2 Å². The van der Waals surface area contributed by atoms with E-state index in [1.54, 1.807) is 4.31 Å². The van der Waals surface area contributed by atoms with Crippen molar-refractivity contribution in [2.75, 3.05) is 19.6 Å². The molecule has 16 heavy (non-hydrogen) atoms. The minimum absolute atomic E-state index is 0.164. The molecule has 0 bridgehead atoms. The summed E-state index contributed by atoms with van der Waals surface area (Å²) in [6.07, 6.45) is 2.74. The second-order valence-electron chi connectivity index (χ2n) is 5.02. The summed E-state index contributed by atoms with van der Waals surface area (Å²) in [5.41, 5.74) is 5.58. The lowest BCUT2D eigenvalue weighted by atomic mass is 9.99. The Hall–Kier alpha value is -0.170. The van der Waals surface area contributed by atoms with Gasteiger partial charge in [-0.15, -0.1) is 0 Å².